The number of likely N-dealkylation sites (tertiary alicyclic amines) is 1. The molecule has 3 heteroatoms. The fourth-order valence-corrected chi connectivity index (χ4v) is 3.68. The minimum Gasteiger partial charge on any atom is -0.464 e. The maximum Gasteiger partial charge on any atom is 0.257 e. The van der Waals surface area contributed by atoms with Crippen LogP contribution in [0.3, 0.4) is 0 Å². The van der Waals surface area contributed by atoms with Crippen LogP contribution in [-0.4, -0.2) is 23.9 Å². The van der Waals surface area contributed by atoms with E-state index in [0.717, 1.165) is 30.3 Å². The quantitative estimate of drug-likeness (QED) is 0.857. The summed E-state index contributed by atoms with van der Waals surface area (Å²) in [6, 6.07) is 11.8. The molecule has 1 saturated carbocycles. The largest absolute Gasteiger partial charge is 0.464 e. The normalized spacial score (nSPS) is 26.7. The van der Waals surface area contributed by atoms with E-state index < -0.39 is 0 Å². The van der Waals surface area contributed by atoms with E-state index in [4.69, 9.17) is 4.42 Å². The molecule has 1 amide bonds. The Morgan fingerprint density at radius 1 is 1.38 bits per heavy atom. The molecule has 1 aromatic heterocycles. The van der Waals surface area contributed by atoms with E-state index in [9.17, 15) is 4.79 Å². The number of benzene rings is 1. The first-order valence-electron chi connectivity index (χ1n) is 7.65. The zero-order chi connectivity index (χ0) is 14.4. The van der Waals surface area contributed by atoms with E-state index in [1.165, 1.54) is 12.8 Å². The highest BCUT2D eigenvalue weighted by Crippen LogP contribution is 2.60. The highest BCUT2D eigenvalue weighted by atomic mass is 16.3. The van der Waals surface area contributed by atoms with Crippen molar-refractivity contribution < 1.29 is 9.21 Å². The molecule has 21 heavy (non-hydrogen) atoms. The van der Waals surface area contributed by atoms with Gasteiger partial charge in [-0.05, 0) is 30.2 Å². The van der Waals surface area contributed by atoms with E-state index >= 15 is 0 Å². The van der Waals surface area contributed by atoms with Crippen LogP contribution in [-0.2, 0) is 0 Å². The molecule has 2 heterocycles. The first-order valence-corrected chi connectivity index (χ1v) is 7.65. The van der Waals surface area contributed by atoms with Crippen molar-refractivity contribution in [2.24, 2.45) is 11.3 Å². The molecule has 0 spiro atoms. The van der Waals surface area contributed by atoms with Crippen LogP contribution < -0.4 is 0 Å². The van der Waals surface area contributed by atoms with Gasteiger partial charge in [-0.1, -0.05) is 37.3 Å². The molecule has 1 aliphatic carbocycles. The van der Waals surface area contributed by atoms with E-state index in [-0.39, 0.29) is 5.91 Å². The molecule has 108 valence electrons. The van der Waals surface area contributed by atoms with Gasteiger partial charge in [0.05, 0.1) is 5.56 Å². The molecular formula is C18H19NO2. The van der Waals surface area contributed by atoms with Gasteiger partial charge in [0.1, 0.15) is 12.0 Å². The van der Waals surface area contributed by atoms with Gasteiger partial charge in [0, 0.05) is 18.7 Å². The topological polar surface area (TPSA) is 33.5 Å². The summed E-state index contributed by atoms with van der Waals surface area (Å²) in [7, 11) is 0. The van der Waals surface area contributed by atoms with E-state index in [1.54, 1.807) is 6.26 Å². The lowest BCUT2D eigenvalue weighted by Gasteiger charge is -2.19. The molecule has 0 radical (unpaired) electrons. The number of hydrogen-bond acceptors (Lipinski definition) is 2. The second-order valence-electron chi connectivity index (χ2n) is 6.37. The van der Waals surface area contributed by atoms with Crippen LogP contribution in [0.5, 0.6) is 0 Å². The van der Waals surface area contributed by atoms with Crippen molar-refractivity contribution in [1.82, 2.24) is 4.90 Å². The number of piperidine rings is 1. The second kappa shape index (κ2) is 4.48. The van der Waals surface area contributed by atoms with Gasteiger partial charge in [-0.3, -0.25) is 4.79 Å². The van der Waals surface area contributed by atoms with Crippen molar-refractivity contribution in [2.75, 3.05) is 13.1 Å². The summed E-state index contributed by atoms with van der Waals surface area (Å²) < 4.78 is 5.57. The first kappa shape index (κ1) is 12.7. The third kappa shape index (κ3) is 1.99. The van der Waals surface area contributed by atoms with Gasteiger partial charge in [-0.2, -0.15) is 0 Å². The molecule has 4 rings (SSSR count). The highest BCUT2D eigenvalue weighted by molar-refractivity contribution is 5.95. The summed E-state index contributed by atoms with van der Waals surface area (Å²) in [5.41, 5.74) is 2.11. The third-order valence-electron chi connectivity index (χ3n) is 5.20. The van der Waals surface area contributed by atoms with Gasteiger partial charge in [0.2, 0.25) is 0 Å². The predicted molar refractivity (Wildman–Crippen MR) is 80.9 cm³/mol. The van der Waals surface area contributed by atoms with Crippen molar-refractivity contribution in [3.05, 3.63) is 48.2 Å². The molecular weight excluding hydrogens is 262 g/mol. The Hall–Kier alpha value is -2.03. The summed E-state index contributed by atoms with van der Waals surface area (Å²) in [6.07, 6.45) is 4.07. The first-order chi connectivity index (χ1) is 10.2. The maximum absolute atomic E-state index is 12.6. The summed E-state index contributed by atoms with van der Waals surface area (Å²) >= 11 is 0. The summed E-state index contributed by atoms with van der Waals surface area (Å²) in [5, 5.41) is 0. The van der Waals surface area contributed by atoms with Gasteiger partial charge >= 0.3 is 0 Å². The minimum absolute atomic E-state index is 0.112. The molecule has 2 aromatic rings. The number of carbonyl (C=O) groups excluding carboxylic acids is 1. The van der Waals surface area contributed by atoms with Crippen LogP contribution >= 0.6 is 0 Å². The van der Waals surface area contributed by atoms with Gasteiger partial charge in [0.25, 0.3) is 5.91 Å². The smallest absolute Gasteiger partial charge is 0.257 e. The fraction of sp³-hybridized carbons (Fsp3) is 0.389. The molecule has 0 N–H and O–H groups in total. The number of rotatable bonds is 3. The van der Waals surface area contributed by atoms with Crippen molar-refractivity contribution in [2.45, 2.75) is 19.8 Å². The predicted octanol–water partition coefficient (Wildman–Crippen LogP) is 3.82. The van der Waals surface area contributed by atoms with E-state index in [1.807, 2.05) is 41.3 Å². The van der Waals surface area contributed by atoms with E-state index in [0.29, 0.717) is 11.0 Å². The number of hydrogen-bond donors (Lipinski definition) is 0. The van der Waals surface area contributed by atoms with Crippen molar-refractivity contribution in [1.29, 1.82) is 0 Å². The number of nitrogens with zero attached hydrogens (tertiary/aromatic N) is 1. The van der Waals surface area contributed by atoms with Crippen LogP contribution in [0.25, 0.3) is 11.3 Å². The minimum atomic E-state index is 0.112. The number of fused-ring (bicyclic) bond motifs is 1. The monoisotopic (exact) mass is 281 g/mol. The van der Waals surface area contributed by atoms with Gasteiger partial charge in [0.15, 0.2) is 0 Å². The lowest BCUT2D eigenvalue weighted by Crippen LogP contribution is -2.31. The fourth-order valence-electron chi connectivity index (χ4n) is 3.68. The summed E-state index contributed by atoms with van der Waals surface area (Å²) in [6.45, 7) is 4.07. The molecule has 1 aromatic carbocycles. The van der Waals surface area contributed by atoms with Crippen LogP contribution in [0, 0.1) is 11.3 Å². The average molecular weight is 281 g/mol. The zero-order valence-corrected chi connectivity index (χ0v) is 12.2. The Balaban J connectivity index is 1.53. The zero-order valence-electron chi connectivity index (χ0n) is 12.2. The second-order valence-corrected chi connectivity index (χ2v) is 6.37. The van der Waals surface area contributed by atoms with Crippen LogP contribution in [0.1, 0.15) is 30.1 Å². The van der Waals surface area contributed by atoms with Crippen LogP contribution in [0.2, 0.25) is 0 Å². The van der Waals surface area contributed by atoms with Gasteiger partial charge in [-0.15, -0.1) is 0 Å². The molecule has 1 saturated heterocycles. The number of carbonyl (C=O) groups is 1. The van der Waals surface area contributed by atoms with Crippen molar-refractivity contribution >= 4 is 5.91 Å². The summed E-state index contributed by atoms with van der Waals surface area (Å²) in [5.74, 6) is 1.60. The Labute approximate surface area is 124 Å². The molecule has 1 aliphatic heterocycles. The Bertz CT molecular complexity index is 672. The molecule has 3 nitrogen and oxygen atoms in total. The van der Waals surface area contributed by atoms with Crippen LogP contribution in [0.15, 0.2) is 47.1 Å². The molecule has 0 bridgehead atoms. The Morgan fingerprint density at radius 3 is 2.90 bits per heavy atom. The van der Waals surface area contributed by atoms with Crippen LogP contribution in [0.4, 0.5) is 0 Å². The third-order valence-corrected chi connectivity index (χ3v) is 5.20. The SMILES string of the molecule is CC[C@]12C[C@H]1CN(C(=O)c1coc(-c3ccccc3)c1)C2. The molecule has 2 aliphatic rings. The van der Waals surface area contributed by atoms with Gasteiger partial charge in [-0.25, -0.2) is 0 Å². The summed E-state index contributed by atoms with van der Waals surface area (Å²) in [4.78, 5) is 14.6. The Morgan fingerprint density at radius 2 is 2.19 bits per heavy atom. The van der Waals surface area contributed by atoms with Crippen molar-refractivity contribution in [3.8, 4) is 11.3 Å². The Kier molecular flexibility index (Phi) is 2.71. The molecule has 2 atom stereocenters. The van der Waals surface area contributed by atoms with E-state index in [2.05, 4.69) is 6.92 Å². The van der Waals surface area contributed by atoms with Crippen molar-refractivity contribution in [3.63, 3.8) is 0 Å². The lowest BCUT2D eigenvalue weighted by molar-refractivity contribution is 0.0763. The maximum atomic E-state index is 12.6. The molecule has 2 fully saturated rings. The number of furan rings is 1. The van der Waals surface area contributed by atoms with Gasteiger partial charge < -0.3 is 9.32 Å². The lowest BCUT2D eigenvalue weighted by atomic mass is 10.0. The average Bonchev–Trinajstić information content (AvgIpc) is 2.93. The highest BCUT2D eigenvalue weighted by Gasteiger charge is 2.59. The standard InChI is InChI=1S/C18H19NO2/c1-2-18-9-15(18)10-19(12-18)17(20)14-8-16(21-11-14)13-6-4-3-5-7-13/h3-8,11,15H,2,9-10,12H2,1H3/t15-,18+/m0/s1. The molecule has 0 unspecified atom stereocenters. The number of amides is 1.